The van der Waals surface area contributed by atoms with Gasteiger partial charge < -0.3 is 0 Å². The molecule has 2 aromatic rings. The summed E-state index contributed by atoms with van der Waals surface area (Å²) < 4.78 is 0. The molecule has 0 heterocycles. The van der Waals surface area contributed by atoms with Crippen LogP contribution >= 0.6 is 0 Å². The quantitative estimate of drug-likeness (QED) is 0.626. The minimum absolute atomic E-state index is 0.430. The first-order valence-corrected chi connectivity index (χ1v) is 9.45. The summed E-state index contributed by atoms with van der Waals surface area (Å²) in [5.41, 5.74) is 6.95. The van der Waals surface area contributed by atoms with Crippen molar-refractivity contribution in [1.29, 1.82) is 0 Å². The molecule has 0 spiro atoms. The van der Waals surface area contributed by atoms with Gasteiger partial charge in [0, 0.05) is 0 Å². The minimum Gasteiger partial charge on any atom is -0.0648 e. The third-order valence-corrected chi connectivity index (χ3v) is 6.97. The fraction of sp³-hybridized carbons (Fsp3) is 0.478. The van der Waals surface area contributed by atoms with Gasteiger partial charge >= 0.3 is 0 Å². The average molecular weight is 304 g/mol. The van der Waals surface area contributed by atoms with Crippen molar-refractivity contribution in [3.8, 4) is 0 Å². The van der Waals surface area contributed by atoms with Gasteiger partial charge in [-0.3, -0.25) is 0 Å². The van der Waals surface area contributed by atoms with E-state index in [1.807, 2.05) is 0 Å². The third-order valence-electron chi connectivity index (χ3n) is 6.97. The van der Waals surface area contributed by atoms with Gasteiger partial charge in [-0.25, -0.2) is 0 Å². The molecule has 0 amide bonds. The van der Waals surface area contributed by atoms with Gasteiger partial charge in [0.2, 0.25) is 0 Å². The molecule has 0 aliphatic heterocycles. The van der Waals surface area contributed by atoms with E-state index in [9.17, 15) is 0 Å². The molecule has 120 valence electrons. The van der Waals surface area contributed by atoms with Crippen molar-refractivity contribution < 1.29 is 0 Å². The molecule has 0 radical (unpaired) electrons. The zero-order chi connectivity index (χ0) is 15.9. The van der Waals surface area contributed by atoms with Gasteiger partial charge in [-0.05, 0) is 78.0 Å². The molecule has 2 atom stereocenters. The average Bonchev–Trinajstić information content (AvgIpc) is 3.23. The van der Waals surface area contributed by atoms with E-state index >= 15 is 0 Å². The Morgan fingerprint density at radius 3 is 1.61 bits per heavy atom. The molecule has 0 aromatic heterocycles. The first-order chi connectivity index (χ1) is 11.3. The first kappa shape index (κ1) is 15.0. The molecular formula is C23H28. The molecule has 0 unspecified atom stereocenters. The van der Waals surface area contributed by atoms with E-state index in [2.05, 4.69) is 62.4 Å². The molecule has 2 aliphatic rings. The Hall–Kier alpha value is -1.56. The predicted octanol–water partition coefficient (Wildman–Crippen LogP) is 6.25. The summed E-state index contributed by atoms with van der Waals surface area (Å²) in [6.45, 7) is 4.87. The second kappa shape index (κ2) is 5.82. The number of hydrogen-bond acceptors (Lipinski definition) is 0. The highest BCUT2D eigenvalue weighted by molar-refractivity contribution is 5.41. The lowest BCUT2D eigenvalue weighted by Gasteiger charge is -2.44. The molecule has 0 nitrogen and oxygen atoms in total. The lowest BCUT2D eigenvalue weighted by molar-refractivity contribution is 0.148. The van der Waals surface area contributed by atoms with Crippen LogP contribution in [0, 0.1) is 5.41 Å². The highest BCUT2D eigenvalue weighted by atomic mass is 14.5. The van der Waals surface area contributed by atoms with Crippen LogP contribution in [0.25, 0.3) is 0 Å². The van der Waals surface area contributed by atoms with Crippen molar-refractivity contribution in [2.75, 3.05) is 0 Å². The number of aryl methyl sites for hydroxylation is 2. The number of hydrogen-bond donors (Lipinski definition) is 0. The van der Waals surface area contributed by atoms with E-state index < -0.39 is 0 Å². The van der Waals surface area contributed by atoms with Gasteiger partial charge in [-0.15, -0.1) is 0 Å². The fourth-order valence-corrected chi connectivity index (χ4v) is 5.79. The number of fused-ring (bicyclic) bond motifs is 2. The van der Waals surface area contributed by atoms with E-state index in [1.165, 1.54) is 38.5 Å². The van der Waals surface area contributed by atoms with Gasteiger partial charge in [-0.2, -0.15) is 0 Å². The van der Waals surface area contributed by atoms with Crippen LogP contribution in [0.2, 0.25) is 0 Å². The summed E-state index contributed by atoms with van der Waals surface area (Å²) >= 11 is 0. The van der Waals surface area contributed by atoms with Gasteiger partial charge in [0.1, 0.15) is 0 Å². The molecule has 2 aliphatic carbocycles. The van der Waals surface area contributed by atoms with Crippen LogP contribution in [0.15, 0.2) is 48.5 Å². The Morgan fingerprint density at radius 2 is 1.17 bits per heavy atom. The Morgan fingerprint density at radius 1 is 0.739 bits per heavy atom. The molecule has 0 bridgehead atoms. The van der Waals surface area contributed by atoms with Gasteiger partial charge in [0.25, 0.3) is 0 Å². The maximum absolute atomic E-state index is 2.44. The largest absolute Gasteiger partial charge is 0.0648 e. The lowest BCUT2D eigenvalue weighted by Crippen LogP contribution is -2.33. The standard InChI is InChI=1S/C23H28/c1-3-23(4-2,21-15-13-17-9-5-7-11-19(17)21)22-16-14-18-10-6-8-12-20(18)22/h5-12,21-22H,3-4,13-16H2,1-2H3/t21-,22-/m0/s1. The molecule has 23 heavy (non-hydrogen) atoms. The Balaban J connectivity index is 1.80. The molecule has 2 aromatic carbocycles. The predicted molar refractivity (Wildman–Crippen MR) is 98.0 cm³/mol. The van der Waals surface area contributed by atoms with Crippen LogP contribution in [0.1, 0.15) is 73.6 Å². The highest BCUT2D eigenvalue weighted by Crippen LogP contribution is 2.59. The van der Waals surface area contributed by atoms with Crippen molar-refractivity contribution in [1.82, 2.24) is 0 Å². The van der Waals surface area contributed by atoms with Gasteiger partial charge in [0.15, 0.2) is 0 Å². The van der Waals surface area contributed by atoms with Crippen LogP contribution in [-0.2, 0) is 12.8 Å². The molecule has 0 heteroatoms. The SMILES string of the molecule is CCC(CC)([C@H]1CCc2ccccc21)[C@H]1CCc2ccccc21. The maximum atomic E-state index is 2.44. The Kier molecular flexibility index (Phi) is 3.79. The van der Waals surface area contributed by atoms with Crippen LogP contribution in [0.4, 0.5) is 0 Å². The zero-order valence-corrected chi connectivity index (χ0v) is 14.5. The van der Waals surface area contributed by atoms with E-state index in [-0.39, 0.29) is 0 Å². The molecule has 0 saturated carbocycles. The van der Waals surface area contributed by atoms with Crippen molar-refractivity contribution in [3.05, 3.63) is 70.8 Å². The van der Waals surface area contributed by atoms with E-state index in [0.29, 0.717) is 5.41 Å². The maximum Gasteiger partial charge on any atom is -0.00938 e. The summed E-state index contributed by atoms with van der Waals surface area (Å²) in [6, 6.07) is 18.5. The summed E-state index contributed by atoms with van der Waals surface area (Å²) in [7, 11) is 0. The zero-order valence-electron chi connectivity index (χ0n) is 14.5. The normalized spacial score (nSPS) is 22.9. The van der Waals surface area contributed by atoms with E-state index in [1.54, 1.807) is 22.3 Å². The lowest BCUT2D eigenvalue weighted by atomic mass is 9.60. The van der Waals surface area contributed by atoms with Crippen LogP contribution < -0.4 is 0 Å². The minimum atomic E-state index is 0.430. The molecular weight excluding hydrogens is 276 g/mol. The summed E-state index contributed by atoms with van der Waals surface area (Å²) in [5, 5.41) is 0. The van der Waals surface area contributed by atoms with E-state index in [0.717, 1.165) is 11.8 Å². The van der Waals surface area contributed by atoms with Gasteiger partial charge in [-0.1, -0.05) is 62.4 Å². The summed E-state index contributed by atoms with van der Waals surface area (Å²) in [6.07, 6.45) is 7.83. The molecule has 0 N–H and O–H groups in total. The smallest absolute Gasteiger partial charge is 0.00938 e. The Bertz CT molecular complexity index is 635. The molecule has 0 fully saturated rings. The van der Waals surface area contributed by atoms with Crippen LogP contribution in [0.3, 0.4) is 0 Å². The Labute approximate surface area is 140 Å². The monoisotopic (exact) mass is 304 g/mol. The topological polar surface area (TPSA) is 0 Å². The van der Waals surface area contributed by atoms with Crippen LogP contribution in [-0.4, -0.2) is 0 Å². The summed E-state index contributed by atoms with van der Waals surface area (Å²) in [5.74, 6) is 1.48. The number of rotatable bonds is 4. The van der Waals surface area contributed by atoms with Crippen molar-refractivity contribution in [2.45, 2.75) is 64.2 Å². The summed E-state index contributed by atoms with van der Waals surface area (Å²) in [4.78, 5) is 0. The van der Waals surface area contributed by atoms with Crippen molar-refractivity contribution in [3.63, 3.8) is 0 Å². The second-order valence-electron chi connectivity index (χ2n) is 7.52. The fourth-order valence-electron chi connectivity index (χ4n) is 5.79. The van der Waals surface area contributed by atoms with Gasteiger partial charge in [0.05, 0.1) is 0 Å². The van der Waals surface area contributed by atoms with Crippen LogP contribution in [0.5, 0.6) is 0 Å². The highest BCUT2D eigenvalue weighted by Gasteiger charge is 2.47. The first-order valence-electron chi connectivity index (χ1n) is 9.45. The van der Waals surface area contributed by atoms with Crippen molar-refractivity contribution in [2.24, 2.45) is 5.41 Å². The number of benzene rings is 2. The molecule has 0 saturated heterocycles. The van der Waals surface area contributed by atoms with Crippen molar-refractivity contribution >= 4 is 0 Å². The van der Waals surface area contributed by atoms with E-state index in [4.69, 9.17) is 0 Å². The third kappa shape index (κ3) is 2.18. The second-order valence-corrected chi connectivity index (χ2v) is 7.52. The molecule has 4 rings (SSSR count).